The van der Waals surface area contributed by atoms with Gasteiger partial charge in [-0.25, -0.2) is 4.79 Å². The Bertz CT molecular complexity index is 169. The third kappa shape index (κ3) is 3.51. The molecule has 0 aliphatic heterocycles. The molecule has 64 valence electrons. The van der Waals surface area contributed by atoms with Crippen LogP contribution in [0.25, 0.3) is 0 Å². The molecule has 0 aromatic rings. The van der Waals surface area contributed by atoms with Crippen LogP contribution in [0.2, 0.25) is 0 Å². The molecule has 0 saturated carbocycles. The van der Waals surface area contributed by atoms with Crippen molar-refractivity contribution < 1.29 is 14.3 Å². The number of esters is 1. The summed E-state index contributed by atoms with van der Waals surface area (Å²) < 4.78 is 3.69. The Morgan fingerprint density at radius 1 is 1.45 bits per heavy atom. The Morgan fingerprint density at radius 3 is 2.18 bits per heavy atom. The first-order valence-electron chi connectivity index (χ1n) is 3.30. The number of Topliss-reactive ketones (excluding diaryl/α,β-unsaturated/α-hetero) is 1. The Balaban J connectivity index is 4.15. The maximum atomic E-state index is 11.0. The van der Waals surface area contributed by atoms with Gasteiger partial charge in [0, 0.05) is 0 Å². The van der Waals surface area contributed by atoms with Gasteiger partial charge in [0.2, 0.25) is 0 Å². The lowest BCUT2D eigenvalue weighted by Crippen LogP contribution is -2.33. The molecule has 0 aliphatic carbocycles. The van der Waals surface area contributed by atoms with Crippen molar-refractivity contribution in [1.29, 1.82) is 0 Å². The molecule has 11 heavy (non-hydrogen) atoms. The second-order valence-corrected chi connectivity index (χ2v) is 4.50. The fourth-order valence-corrected chi connectivity index (χ4v) is 0.601. The summed E-state index contributed by atoms with van der Waals surface area (Å²) in [5, 5.41) is 0. The summed E-state index contributed by atoms with van der Waals surface area (Å²) in [4.78, 5) is 21.8. The van der Waals surface area contributed by atoms with Crippen molar-refractivity contribution in [2.24, 2.45) is 0 Å². The van der Waals surface area contributed by atoms with Gasteiger partial charge < -0.3 is 4.74 Å². The average molecular weight is 223 g/mol. The lowest BCUT2D eigenvalue weighted by atomic mass is 10.1. The van der Waals surface area contributed by atoms with E-state index in [2.05, 4.69) is 20.7 Å². The zero-order valence-corrected chi connectivity index (χ0v) is 8.40. The molecular weight excluding hydrogens is 212 g/mol. The summed E-state index contributed by atoms with van der Waals surface area (Å²) in [5.74, 6) is -1.34. The summed E-state index contributed by atoms with van der Waals surface area (Å²) in [6.07, 6.45) is 0. The van der Waals surface area contributed by atoms with Crippen LogP contribution in [0.5, 0.6) is 0 Å². The van der Waals surface area contributed by atoms with E-state index in [1.165, 1.54) is 0 Å². The Labute approximate surface area is 74.2 Å². The highest BCUT2D eigenvalue weighted by molar-refractivity contribution is 9.10. The van der Waals surface area contributed by atoms with E-state index in [0.29, 0.717) is 0 Å². The quantitative estimate of drug-likeness (QED) is 0.411. The molecule has 0 aromatic carbocycles. The molecule has 0 rings (SSSR count). The van der Waals surface area contributed by atoms with Gasteiger partial charge in [0.05, 0.1) is 10.9 Å². The monoisotopic (exact) mass is 222 g/mol. The van der Waals surface area contributed by atoms with Crippen molar-refractivity contribution in [3.8, 4) is 0 Å². The fraction of sp³-hybridized carbons (Fsp3) is 0.714. The van der Waals surface area contributed by atoms with E-state index in [4.69, 9.17) is 0 Å². The van der Waals surface area contributed by atoms with E-state index in [0.717, 1.165) is 0 Å². The van der Waals surface area contributed by atoms with E-state index < -0.39 is 16.1 Å². The number of rotatable bonds is 3. The third-order valence-electron chi connectivity index (χ3n) is 1.00. The smallest absolute Gasteiger partial charge is 0.376 e. The number of ether oxygens (including phenoxy) is 1. The lowest BCUT2D eigenvalue weighted by molar-refractivity contribution is -0.154. The number of hydrogen-bond donors (Lipinski definition) is 0. The second-order valence-electron chi connectivity index (χ2n) is 2.52. The topological polar surface area (TPSA) is 43.4 Å². The minimum atomic E-state index is -0.820. The van der Waals surface area contributed by atoms with Crippen molar-refractivity contribution in [2.45, 2.75) is 25.1 Å². The van der Waals surface area contributed by atoms with Gasteiger partial charge in [0.1, 0.15) is 0 Å². The van der Waals surface area contributed by atoms with E-state index in [-0.39, 0.29) is 6.61 Å². The van der Waals surface area contributed by atoms with Crippen LogP contribution >= 0.6 is 15.9 Å². The molecule has 0 spiro atoms. The highest BCUT2D eigenvalue weighted by Gasteiger charge is 2.31. The van der Waals surface area contributed by atoms with E-state index in [9.17, 15) is 9.59 Å². The van der Waals surface area contributed by atoms with Crippen molar-refractivity contribution in [1.82, 2.24) is 0 Å². The molecule has 0 N–H and O–H groups in total. The molecule has 0 bridgehead atoms. The molecule has 0 aliphatic rings. The van der Waals surface area contributed by atoms with E-state index in [1.807, 2.05) is 0 Å². The summed E-state index contributed by atoms with van der Waals surface area (Å²) >= 11 is 3.06. The van der Waals surface area contributed by atoms with Crippen LogP contribution in [0, 0.1) is 0 Å². The van der Waals surface area contributed by atoms with Gasteiger partial charge in [-0.1, -0.05) is 15.9 Å². The van der Waals surface area contributed by atoms with Crippen LogP contribution < -0.4 is 0 Å². The number of hydrogen-bond acceptors (Lipinski definition) is 3. The fourth-order valence-electron chi connectivity index (χ4n) is 0.439. The van der Waals surface area contributed by atoms with Gasteiger partial charge >= 0.3 is 5.97 Å². The highest BCUT2D eigenvalue weighted by Crippen LogP contribution is 2.17. The largest absolute Gasteiger partial charge is 0.460 e. The van der Waals surface area contributed by atoms with Crippen LogP contribution in [0.15, 0.2) is 0 Å². The third-order valence-corrected chi connectivity index (χ3v) is 1.36. The van der Waals surface area contributed by atoms with Gasteiger partial charge in [0.15, 0.2) is 0 Å². The normalized spacial score (nSPS) is 10.9. The van der Waals surface area contributed by atoms with Gasteiger partial charge in [-0.05, 0) is 20.8 Å². The zero-order valence-electron chi connectivity index (χ0n) is 6.81. The van der Waals surface area contributed by atoms with Gasteiger partial charge in [-0.2, -0.15) is 0 Å². The minimum absolute atomic E-state index is 0.230. The number of alkyl halides is 1. The predicted octanol–water partition coefficient (Wildman–Crippen LogP) is 1.29. The van der Waals surface area contributed by atoms with E-state index in [1.54, 1.807) is 20.8 Å². The van der Waals surface area contributed by atoms with Crippen molar-refractivity contribution in [3.05, 3.63) is 0 Å². The first-order valence-corrected chi connectivity index (χ1v) is 4.09. The predicted molar refractivity (Wildman–Crippen MR) is 44.6 cm³/mol. The summed E-state index contributed by atoms with van der Waals surface area (Å²) in [7, 11) is 0. The molecule has 0 saturated heterocycles. The minimum Gasteiger partial charge on any atom is -0.460 e. The Hall–Kier alpha value is -0.380. The molecular formula is C7H11BrO3. The Morgan fingerprint density at radius 2 is 1.91 bits per heavy atom. The second kappa shape index (κ2) is 3.85. The molecule has 0 unspecified atom stereocenters. The molecule has 0 fully saturated rings. The average Bonchev–Trinajstić information content (AvgIpc) is 1.85. The van der Waals surface area contributed by atoms with Crippen LogP contribution in [0.4, 0.5) is 0 Å². The van der Waals surface area contributed by atoms with Crippen LogP contribution in [-0.4, -0.2) is 22.7 Å². The Kier molecular flexibility index (Phi) is 3.72. The standard InChI is InChI=1S/C7H11BrO3/c1-4-11-6(10)5(9)7(2,3)8/h4H2,1-3H3. The van der Waals surface area contributed by atoms with Crippen LogP contribution in [-0.2, 0) is 14.3 Å². The van der Waals surface area contributed by atoms with Crippen LogP contribution in [0.3, 0.4) is 0 Å². The van der Waals surface area contributed by atoms with Crippen molar-refractivity contribution in [2.75, 3.05) is 6.61 Å². The first-order chi connectivity index (χ1) is 4.89. The number of ketones is 1. The molecule has 0 atom stereocenters. The van der Waals surface area contributed by atoms with Crippen molar-refractivity contribution in [3.63, 3.8) is 0 Å². The number of carbonyl (C=O) groups is 2. The SMILES string of the molecule is CCOC(=O)C(=O)C(C)(C)Br. The molecule has 0 aromatic heterocycles. The molecule has 0 amide bonds. The molecule has 0 radical (unpaired) electrons. The molecule has 4 heteroatoms. The van der Waals surface area contributed by atoms with Gasteiger partial charge in [-0.15, -0.1) is 0 Å². The van der Waals surface area contributed by atoms with Crippen molar-refractivity contribution >= 4 is 27.7 Å². The first kappa shape index (κ1) is 10.6. The summed E-state index contributed by atoms with van der Waals surface area (Å²) in [6.45, 7) is 5.10. The van der Waals surface area contributed by atoms with Gasteiger partial charge in [-0.3, -0.25) is 4.79 Å². The molecule has 0 heterocycles. The zero-order chi connectivity index (χ0) is 9.07. The van der Waals surface area contributed by atoms with Gasteiger partial charge in [0.25, 0.3) is 5.78 Å². The molecule has 3 nitrogen and oxygen atoms in total. The lowest BCUT2D eigenvalue weighted by Gasteiger charge is -2.12. The summed E-state index contributed by atoms with van der Waals surface area (Å²) in [5.41, 5.74) is 0. The van der Waals surface area contributed by atoms with Crippen LogP contribution in [0.1, 0.15) is 20.8 Å². The maximum absolute atomic E-state index is 11.0. The maximum Gasteiger partial charge on any atom is 0.376 e. The number of carbonyl (C=O) groups excluding carboxylic acids is 2. The van der Waals surface area contributed by atoms with E-state index >= 15 is 0 Å². The highest BCUT2D eigenvalue weighted by atomic mass is 79.9. The number of halogens is 1. The summed E-state index contributed by atoms with van der Waals surface area (Å²) in [6, 6.07) is 0.